The number of hydrogen-bond donors (Lipinski definition) is 6. The number of unbranched alkanes of at least 4 members (excludes halogenated alkanes) is 24. The number of aliphatic hydroxyl groups is 5. The standard InChI is InChI=1S/C40H79NO8/c1-3-5-7-9-11-13-15-16-17-18-19-20-22-24-26-28-30-36(44)41-33(32-48-40-39(47)38(46)37(45)35(31-42)49-40)34(43)29-27-25-23-21-14-12-10-8-6-4-2/h33-35,37-40,42-43,45-47H,3-32H2,1-2H3,(H,41,44). The van der Waals surface area contributed by atoms with Gasteiger partial charge in [-0.3, -0.25) is 4.79 Å². The van der Waals surface area contributed by atoms with Gasteiger partial charge in [0.2, 0.25) is 5.91 Å². The van der Waals surface area contributed by atoms with Gasteiger partial charge in [0.1, 0.15) is 24.4 Å². The van der Waals surface area contributed by atoms with Crippen molar-refractivity contribution in [1.29, 1.82) is 0 Å². The maximum Gasteiger partial charge on any atom is 0.220 e. The van der Waals surface area contributed by atoms with Gasteiger partial charge in [0, 0.05) is 6.42 Å². The summed E-state index contributed by atoms with van der Waals surface area (Å²) in [4.78, 5) is 12.9. The number of amides is 1. The zero-order valence-corrected chi connectivity index (χ0v) is 31.7. The molecule has 1 aliphatic heterocycles. The Morgan fingerprint density at radius 3 is 1.45 bits per heavy atom. The number of rotatable bonds is 34. The summed E-state index contributed by atoms with van der Waals surface area (Å²) >= 11 is 0. The Morgan fingerprint density at radius 2 is 1.02 bits per heavy atom. The summed E-state index contributed by atoms with van der Waals surface area (Å²) in [7, 11) is 0. The molecule has 1 aliphatic rings. The topological polar surface area (TPSA) is 149 Å². The lowest BCUT2D eigenvalue weighted by atomic mass is 9.99. The van der Waals surface area contributed by atoms with E-state index >= 15 is 0 Å². The predicted molar refractivity (Wildman–Crippen MR) is 198 cm³/mol. The highest BCUT2D eigenvalue weighted by Crippen LogP contribution is 2.23. The van der Waals surface area contributed by atoms with Gasteiger partial charge in [0.25, 0.3) is 0 Å². The van der Waals surface area contributed by atoms with Crippen LogP contribution in [0.5, 0.6) is 0 Å². The second-order valence-corrected chi connectivity index (χ2v) is 14.8. The SMILES string of the molecule is CCCCCCCCCCCCCCCCCCC(=O)NC(COC1OC(CO)C(O)C(O)C1O)C(O)CCCCCCCCCCCC. The third-order valence-electron chi connectivity index (χ3n) is 10.2. The van der Waals surface area contributed by atoms with Crippen molar-refractivity contribution < 1.29 is 39.8 Å². The van der Waals surface area contributed by atoms with Crippen molar-refractivity contribution in [2.24, 2.45) is 0 Å². The minimum absolute atomic E-state index is 0.133. The monoisotopic (exact) mass is 702 g/mol. The second kappa shape index (κ2) is 31.9. The van der Waals surface area contributed by atoms with E-state index in [1.165, 1.54) is 128 Å². The van der Waals surface area contributed by atoms with Gasteiger partial charge in [-0.2, -0.15) is 0 Å². The van der Waals surface area contributed by atoms with E-state index in [1.807, 2.05) is 0 Å². The van der Waals surface area contributed by atoms with Crippen LogP contribution in [-0.2, 0) is 14.3 Å². The molecule has 7 atom stereocenters. The minimum Gasteiger partial charge on any atom is -0.394 e. The van der Waals surface area contributed by atoms with Crippen molar-refractivity contribution in [2.75, 3.05) is 13.2 Å². The number of carbonyl (C=O) groups excluding carboxylic acids is 1. The van der Waals surface area contributed by atoms with Gasteiger partial charge in [-0.1, -0.05) is 174 Å². The Labute approximate surface area is 300 Å². The number of ether oxygens (including phenoxy) is 2. The Hall–Kier alpha value is -0.810. The zero-order chi connectivity index (χ0) is 36.0. The molecule has 1 rings (SSSR count). The van der Waals surface area contributed by atoms with E-state index in [-0.39, 0.29) is 12.5 Å². The van der Waals surface area contributed by atoms with Crippen LogP contribution in [0.25, 0.3) is 0 Å². The Morgan fingerprint density at radius 1 is 0.612 bits per heavy atom. The molecule has 1 saturated heterocycles. The van der Waals surface area contributed by atoms with Crippen LogP contribution in [0, 0.1) is 0 Å². The maximum atomic E-state index is 12.9. The highest BCUT2D eigenvalue weighted by Gasteiger charge is 2.44. The first-order valence-electron chi connectivity index (χ1n) is 20.7. The van der Waals surface area contributed by atoms with Crippen molar-refractivity contribution in [3.8, 4) is 0 Å². The first kappa shape index (κ1) is 46.2. The van der Waals surface area contributed by atoms with Gasteiger partial charge in [0.15, 0.2) is 6.29 Å². The van der Waals surface area contributed by atoms with E-state index in [1.54, 1.807) is 0 Å². The molecule has 1 amide bonds. The van der Waals surface area contributed by atoms with Crippen LogP contribution >= 0.6 is 0 Å². The van der Waals surface area contributed by atoms with E-state index in [2.05, 4.69) is 19.2 Å². The molecule has 9 heteroatoms. The van der Waals surface area contributed by atoms with Crippen LogP contribution < -0.4 is 5.32 Å². The van der Waals surface area contributed by atoms with Crippen LogP contribution in [-0.4, -0.2) is 87.5 Å². The van der Waals surface area contributed by atoms with Crippen molar-refractivity contribution >= 4 is 5.91 Å². The maximum absolute atomic E-state index is 12.9. The summed E-state index contributed by atoms with van der Waals surface area (Å²) in [6.07, 6.45) is 25.4. The molecular weight excluding hydrogens is 622 g/mol. The third-order valence-corrected chi connectivity index (χ3v) is 10.2. The van der Waals surface area contributed by atoms with Crippen molar-refractivity contribution in [1.82, 2.24) is 5.32 Å². The lowest BCUT2D eigenvalue weighted by Crippen LogP contribution is -2.60. The van der Waals surface area contributed by atoms with Gasteiger partial charge in [-0.05, 0) is 12.8 Å². The molecule has 0 saturated carbocycles. The lowest BCUT2D eigenvalue weighted by Gasteiger charge is -2.40. The Balaban J connectivity index is 2.34. The van der Waals surface area contributed by atoms with Gasteiger partial charge >= 0.3 is 0 Å². The number of hydrogen-bond acceptors (Lipinski definition) is 8. The predicted octanol–water partition coefficient (Wildman–Crippen LogP) is 7.61. The lowest BCUT2D eigenvalue weighted by molar-refractivity contribution is -0.302. The normalized spacial score (nSPS) is 22.3. The van der Waals surface area contributed by atoms with Gasteiger partial charge in [0.05, 0.1) is 25.4 Å². The fraction of sp³-hybridized carbons (Fsp3) is 0.975. The van der Waals surface area contributed by atoms with Crippen molar-refractivity contribution in [2.45, 2.75) is 236 Å². The van der Waals surface area contributed by atoms with E-state index in [4.69, 9.17) is 9.47 Å². The van der Waals surface area contributed by atoms with Crippen LogP contribution in [0.3, 0.4) is 0 Å². The summed E-state index contributed by atoms with van der Waals surface area (Å²) in [6, 6.07) is -0.709. The molecule has 0 spiro atoms. The fourth-order valence-corrected chi connectivity index (χ4v) is 6.81. The van der Waals surface area contributed by atoms with Crippen molar-refractivity contribution in [3.63, 3.8) is 0 Å². The molecule has 1 heterocycles. The number of aliphatic hydroxyl groups excluding tert-OH is 5. The van der Waals surface area contributed by atoms with E-state index < -0.39 is 49.5 Å². The summed E-state index contributed by atoms with van der Waals surface area (Å²) in [5, 5.41) is 54.1. The highest BCUT2D eigenvalue weighted by molar-refractivity contribution is 5.76. The second-order valence-electron chi connectivity index (χ2n) is 14.8. The molecule has 1 fully saturated rings. The van der Waals surface area contributed by atoms with Gasteiger partial charge in [-0.15, -0.1) is 0 Å². The summed E-state index contributed by atoms with van der Waals surface area (Å²) in [5.74, 6) is -0.144. The van der Waals surface area contributed by atoms with Crippen LogP contribution in [0.1, 0.15) is 194 Å². The molecule has 0 aliphatic carbocycles. The molecular formula is C40H79NO8. The molecule has 0 radical (unpaired) electrons. The fourth-order valence-electron chi connectivity index (χ4n) is 6.81. The van der Waals surface area contributed by atoms with Crippen molar-refractivity contribution in [3.05, 3.63) is 0 Å². The smallest absolute Gasteiger partial charge is 0.220 e. The summed E-state index contributed by atoms with van der Waals surface area (Å²) in [5.41, 5.74) is 0. The molecule has 0 aromatic rings. The molecule has 292 valence electrons. The molecule has 9 nitrogen and oxygen atoms in total. The first-order chi connectivity index (χ1) is 23.8. The van der Waals surface area contributed by atoms with Crippen LogP contribution in [0.15, 0.2) is 0 Å². The minimum atomic E-state index is -1.55. The Bertz CT molecular complexity index is 741. The summed E-state index contributed by atoms with van der Waals surface area (Å²) in [6.45, 7) is 3.81. The zero-order valence-electron chi connectivity index (χ0n) is 31.7. The molecule has 0 aromatic heterocycles. The largest absolute Gasteiger partial charge is 0.394 e. The molecule has 49 heavy (non-hydrogen) atoms. The van der Waals surface area contributed by atoms with Gasteiger partial charge in [-0.25, -0.2) is 0 Å². The van der Waals surface area contributed by atoms with E-state index in [0.29, 0.717) is 12.8 Å². The van der Waals surface area contributed by atoms with Gasteiger partial charge < -0.3 is 40.3 Å². The highest BCUT2D eigenvalue weighted by atomic mass is 16.7. The molecule has 0 bridgehead atoms. The third kappa shape index (κ3) is 23.4. The average molecular weight is 702 g/mol. The quantitative estimate of drug-likeness (QED) is 0.0376. The first-order valence-corrected chi connectivity index (χ1v) is 20.7. The van der Waals surface area contributed by atoms with E-state index in [9.17, 15) is 30.3 Å². The number of nitrogens with one attached hydrogen (secondary N) is 1. The Kier molecular flexibility index (Phi) is 30.1. The molecule has 6 N–H and O–H groups in total. The molecule has 7 unspecified atom stereocenters. The van der Waals surface area contributed by atoms with Crippen LogP contribution in [0.2, 0.25) is 0 Å². The molecule has 0 aromatic carbocycles. The summed E-state index contributed by atoms with van der Waals surface area (Å²) < 4.78 is 11.2. The van der Waals surface area contributed by atoms with Crippen LogP contribution in [0.4, 0.5) is 0 Å². The van der Waals surface area contributed by atoms with E-state index in [0.717, 1.165) is 38.5 Å². The number of carbonyl (C=O) groups is 1. The average Bonchev–Trinajstić information content (AvgIpc) is 3.10.